The minimum Gasteiger partial charge on any atom is -0.398 e. The molecule has 1 aliphatic carbocycles. The maximum atomic E-state index is 13.0. The number of carbonyl (C=O) groups is 1. The van der Waals surface area contributed by atoms with Gasteiger partial charge >= 0.3 is 0 Å². The summed E-state index contributed by atoms with van der Waals surface area (Å²) in [6.07, 6.45) is 2.62. The monoisotopic (exact) mass is 325 g/mol. The summed E-state index contributed by atoms with van der Waals surface area (Å²) in [6, 6.07) is 5.59. The van der Waals surface area contributed by atoms with Crippen LogP contribution in [0.15, 0.2) is 30.6 Å². The SMILES string of the molecule is Cc1[nH]ncc1-c1cc(N)c2cnc(NC(=O)[C@@H]3C[C@@H]3F)cc2c1. The largest absolute Gasteiger partial charge is 0.398 e. The Morgan fingerprint density at radius 1 is 1.38 bits per heavy atom. The smallest absolute Gasteiger partial charge is 0.231 e. The van der Waals surface area contributed by atoms with E-state index in [-0.39, 0.29) is 12.3 Å². The van der Waals surface area contributed by atoms with Gasteiger partial charge in [0.1, 0.15) is 12.0 Å². The first kappa shape index (κ1) is 14.6. The molecule has 4 N–H and O–H groups in total. The number of aromatic amines is 1. The number of nitrogen functional groups attached to an aromatic ring is 1. The molecule has 4 rings (SSSR count). The Morgan fingerprint density at radius 2 is 2.17 bits per heavy atom. The van der Waals surface area contributed by atoms with Crippen LogP contribution in [0.1, 0.15) is 12.1 Å². The number of amides is 1. The number of benzene rings is 1. The van der Waals surface area contributed by atoms with Crippen LogP contribution in [-0.4, -0.2) is 27.3 Å². The highest BCUT2D eigenvalue weighted by atomic mass is 19.1. The van der Waals surface area contributed by atoms with Crippen LogP contribution in [0.4, 0.5) is 15.9 Å². The van der Waals surface area contributed by atoms with Crippen molar-refractivity contribution >= 4 is 28.2 Å². The van der Waals surface area contributed by atoms with Crippen molar-refractivity contribution in [2.45, 2.75) is 19.5 Å². The first-order chi connectivity index (χ1) is 11.5. The van der Waals surface area contributed by atoms with E-state index in [9.17, 15) is 9.18 Å². The van der Waals surface area contributed by atoms with Gasteiger partial charge < -0.3 is 11.1 Å². The summed E-state index contributed by atoms with van der Waals surface area (Å²) >= 11 is 0. The van der Waals surface area contributed by atoms with Gasteiger partial charge in [-0.25, -0.2) is 9.37 Å². The van der Waals surface area contributed by atoms with E-state index in [1.807, 2.05) is 19.1 Å². The molecule has 0 radical (unpaired) electrons. The van der Waals surface area contributed by atoms with Crippen LogP contribution in [0.2, 0.25) is 0 Å². The van der Waals surface area contributed by atoms with Crippen LogP contribution < -0.4 is 11.1 Å². The van der Waals surface area contributed by atoms with Crippen LogP contribution >= 0.6 is 0 Å². The van der Waals surface area contributed by atoms with E-state index in [2.05, 4.69) is 20.5 Å². The third-order valence-corrected chi connectivity index (χ3v) is 4.31. The summed E-state index contributed by atoms with van der Waals surface area (Å²) in [5, 5.41) is 11.2. The molecule has 2 atom stereocenters. The van der Waals surface area contributed by atoms with Gasteiger partial charge in [0, 0.05) is 28.5 Å². The zero-order valence-electron chi connectivity index (χ0n) is 13.0. The molecule has 1 fully saturated rings. The van der Waals surface area contributed by atoms with Gasteiger partial charge in [0.25, 0.3) is 0 Å². The van der Waals surface area contributed by atoms with Crippen molar-refractivity contribution in [1.29, 1.82) is 0 Å². The fourth-order valence-electron chi connectivity index (χ4n) is 2.81. The standard InChI is InChI=1S/C17H16FN5O/c1-8-12(7-21-23-8)9-2-10-4-16(20-6-13(10)15(19)3-9)22-17(24)11-5-14(11)18/h2-4,6-7,11,14H,5,19H2,1H3,(H,21,23)(H,20,22,24)/t11-,14+/m1/s1. The van der Waals surface area contributed by atoms with E-state index in [1.54, 1.807) is 18.5 Å². The second kappa shape index (κ2) is 5.30. The van der Waals surface area contributed by atoms with Gasteiger partial charge in [0.2, 0.25) is 5.91 Å². The number of pyridine rings is 1. The fourth-order valence-corrected chi connectivity index (χ4v) is 2.81. The van der Waals surface area contributed by atoms with Crippen LogP contribution in [0.25, 0.3) is 21.9 Å². The lowest BCUT2D eigenvalue weighted by molar-refractivity contribution is -0.117. The number of aryl methyl sites for hydroxylation is 1. The molecule has 24 heavy (non-hydrogen) atoms. The van der Waals surface area contributed by atoms with Gasteiger partial charge in [-0.15, -0.1) is 0 Å². The van der Waals surface area contributed by atoms with Crippen LogP contribution in [0.3, 0.4) is 0 Å². The Morgan fingerprint density at radius 3 is 2.83 bits per heavy atom. The molecule has 0 aliphatic heterocycles. The average molecular weight is 325 g/mol. The van der Waals surface area contributed by atoms with Crippen molar-refractivity contribution in [1.82, 2.24) is 15.2 Å². The van der Waals surface area contributed by atoms with Crippen molar-refractivity contribution in [3.8, 4) is 11.1 Å². The number of rotatable bonds is 3. The zero-order chi connectivity index (χ0) is 16.8. The molecule has 0 spiro atoms. The molecule has 122 valence electrons. The quantitative estimate of drug-likeness (QED) is 0.645. The third-order valence-electron chi connectivity index (χ3n) is 4.31. The summed E-state index contributed by atoms with van der Waals surface area (Å²) < 4.78 is 13.0. The second-order valence-electron chi connectivity index (χ2n) is 6.11. The van der Waals surface area contributed by atoms with Crippen LogP contribution in [0, 0.1) is 12.8 Å². The number of halogens is 1. The summed E-state index contributed by atoms with van der Waals surface area (Å²) in [5.74, 6) is -0.483. The maximum absolute atomic E-state index is 13.0. The number of H-pyrrole nitrogens is 1. The minimum atomic E-state index is -1.03. The number of hydrogen-bond donors (Lipinski definition) is 3. The molecule has 6 nitrogen and oxygen atoms in total. The fraction of sp³-hybridized carbons (Fsp3) is 0.235. The topological polar surface area (TPSA) is 96.7 Å². The van der Waals surface area contributed by atoms with Crippen molar-refractivity contribution in [2.75, 3.05) is 11.1 Å². The molecule has 2 heterocycles. The molecule has 1 amide bonds. The highest BCUT2D eigenvalue weighted by Crippen LogP contribution is 2.35. The lowest BCUT2D eigenvalue weighted by Crippen LogP contribution is -2.15. The highest BCUT2D eigenvalue weighted by molar-refractivity contribution is 6.00. The van der Waals surface area contributed by atoms with E-state index in [1.165, 1.54) is 0 Å². The van der Waals surface area contributed by atoms with Gasteiger partial charge in [-0.2, -0.15) is 5.10 Å². The van der Waals surface area contributed by atoms with E-state index in [0.29, 0.717) is 11.5 Å². The van der Waals surface area contributed by atoms with Gasteiger partial charge in [-0.1, -0.05) is 0 Å². The van der Waals surface area contributed by atoms with Crippen LogP contribution in [-0.2, 0) is 4.79 Å². The van der Waals surface area contributed by atoms with Crippen molar-refractivity contribution in [2.24, 2.45) is 5.92 Å². The zero-order valence-corrected chi connectivity index (χ0v) is 13.0. The molecule has 7 heteroatoms. The second-order valence-corrected chi connectivity index (χ2v) is 6.11. The normalized spacial score (nSPS) is 19.4. The Bertz CT molecular complexity index is 951. The van der Waals surface area contributed by atoms with Gasteiger partial charge in [0.15, 0.2) is 0 Å². The third kappa shape index (κ3) is 2.47. The summed E-state index contributed by atoms with van der Waals surface area (Å²) in [6.45, 7) is 1.93. The number of aromatic nitrogens is 3. The van der Waals surface area contributed by atoms with Crippen molar-refractivity contribution in [3.63, 3.8) is 0 Å². The number of hydrogen-bond acceptors (Lipinski definition) is 4. The van der Waals surface area contributed by atoms with E-state index < -0.39 is 12.1 Å². The first-order valence-corrected chi connectivity index (χ1v) is 7.67. The predicted molar refractivity (Wildman–Crippen MR) is 90.1 cm³/mol. The lowest BCUT2D eigenvalue weighted by Gasteiger charge is -2.09. The van der Waals surface area contributed by atoms with E-state index in [4.69, 9.17) is 5.73 Å². The molecule has 1 aliphatic rings. The lowest BCUT2D eigenvalue weighted by atomic mass is 10.0. The summed E-state index contributed by atoms with van der Waals surface area (Å²) in [7, 11) is 0. The molecule has 3 aromatic rings. The van der Waals surface area contributed by atoms with Crippen molar-refractivity contribution < 1.29 is 9.18 Å². The summed E-state index contributed by atoms with van der Waals surface area (Å²) in [5.41, 5.74) is 9.57. The van der Waals surface area contributed by atoms with Gasteiger partial charge in [-0.3, -0.25) is 9.89 Å². The Labute approximate surface area is 137 Å². The van der Waals surface area contributed by atoms with E-state index in [0.717, 1.165) is 27.6 Å². The number of anilines is 2. The number of fused-ring (bicyclic) bond motifs is 1. The molecule has 1 saturated carbocycles. The molecule has 0 bridgehead atoms. The minimum absolute atomic E-state index is 0.288. The maximum Gasteiger partial charge on any atom is 0.231 e. The number of nitrogens with one attached hydrogen (secondary N) is 2. The molecular formula is C17H16FN5O. The first-order valence-electron chi connectivity index (χ1n) is 7.67. The molecule has 0 unspecified atom stereocenters. The Balaban J connectivity index is 1.72. The van der Waals surface area contributed by atoms with Gasteiger partial charge in [-0.05, 0) is 42.5 Å². The number of carbonyl (C=O) groups excluding carboxylic acids is 1. The van der Waals surface area contributed by atoms with Crippen LogP contribution in [0.5, 0.6) is 0 Å². The highest BCUT2D eigenvalue weighted by Gasteiger charge is 2.43. The van der Waals surface area contributed by atoms with Gasteiger partial charge in [0.05, 0.1) is 12.1 Å². The molecule has 1 aromatic carbocycles. The molecular weight excluding hydrogens is 309 g/mol. The number of nitrogens with zero attached hydrogens (tertiary/aromatic N) is 2. The molecule has 0 saturated heterocycles. The number of alkyl halides is 1. The van der Waals surface area contributed by atoms with E-state index >= 15 is 0 Å². The predicted octanol–water partition coefficient (Wildman–Crippen LogP) is 2.81. The Hall–Kier alpha value is -2.96. The summed E-state index contributed by atoms with van der Waals surface area (Å²) in [4.78, 5) is 16.1. The average Bonchev–Trinajstić information content (AvgIpc) is 3.12. The Kier molecular flexibility index (Phi) is 3.23. The van der Waals surface area contributed by atoms with Crippen molar-refractivity contribution in [3.05, 3.63) is 36.3 Å². The number of nitrogens with two attached hydrogens (primary N) is 1. The molecule has 2 aromatic heterocycles.